The highest BCUT2D eigenvalue weighted by molar-refractivity contribution is 5.68. The fraction of sp³-hybridized carbons (Fsp3) is 0.200. The van der Waals surface area contributed by atoms with E-state index in [1.54, 1.807) is 0 Å². The number of fused-ring (bicyclic) bond motifs is 2. The lowest BCUT2D eigenvalue weighted by Gasteiger charge is -2.33. The molecule has 2 fully saturated rings. The number of hydrogen-bond acceptors (Lipinski definition) is 7. The molecule has 0 spiro atoms. The van der Waals surface area contributed by atoms with E-state index in [-0.39, 0.29) is 37.3 Å². The lowest BCUT2D eigenvalue weighted by molar-refractivity contribution is 0.0626. The standard InChI is InChI=1S/C75H64O7/c76-61(45-77-62-35-27-57(28-36-62)74(59-31-39-64(40-32-59)79-47-66-49-81-66)43-70(68-15-7-9-17-72(68)74)55-23-19-53(20-24-55)51-11-3-1-4-12-51)46-78-63-37-29-58(30-38-63)75(60-33-41-65(42-34-60)80-48-67-50-82-67)44-71(69-16-8-10-18-73(69)75)56-25-21-54(22-26-56)52-13-5-2-6-14-52/h1-42,61,66-67,70-71,76H,43-50H2. The van der Waals surface area contributed by atoms with Crippen LogP contribution < -0.4 is 18.9 Å². The fourth-order valence-electron chi connectivity index (χ4n) is 13.0. The van der Waals surface area contributed by atoms with Crippen molar-refractivity contribution >= 4 is 0 Å². The summed E-state index contributed by atoms with van der Waals surface area (Å²) in [6.45, 7) is 2.76. The molecule has 0 radical (unpaired) electrons. The van der Waals surface area contributed by atoms with Crippen molar-refractivity contribution in [1.29, 1.82) is 0 Å². The maximum atomic E-state index is 11.4. The van der Waals surface area contributed by atoms with Crippen LogP contribution in [0.1, 0.15) is 80.3 Å². The quantitative estimate of drug-likeness (QED) is 0.0762. The Kier molecular flexibility index (Phi) is 14.0. The molecular formula is C75H64O7. The molecule has 10 aromatic rings. The Morgan fingerprint density at radius 3 is 1.00 bits per heavy atom. The third-order valence-corrected chi connectivity index (χ3v) is 17.4. The van der Waals surface area contributed by atoms with Crippen LogP contribution in [-0.2, 0) is 20.3 Å². The van der Waals surface area contributed by atoms with E-state index in [0.29, 0.717) is 24.7 Å². The van der Waals surface area contributed by atoms with Gasteiger partial charge in [0.05, 0.1) is 13.2 Å². The second-order valence-corrected chi connectivity index (χ2v) is 22.4. The molecule has 7 nitrogen and oxygen atoms in total. The van der Waals surface area contributed by atoms with Crippen LogP contribution in [0.4, 0.5) is 0 Å². The first-order valence-corrected chi connectivity index (χ1v) is 28.8. The second kappa shape index (κ2) is 22.3. The summed E-state index contributed by atoms with van der Waals surface area (Å²) >= 11 is 0. The summed E-state index contributed by atoms with van der Waals surface area (Å²) in [5.74, 6) is 3.35. The predicted octanol–water partition coefficient (Wildman–Crippen LogP) is 15.1. The van der Waals surface area contributed by atoms with Crippen molar-refractivity contribution < 1.29 is 33.5 Å². The number of hydrogen-bond donors (Lipinski definition) is 1. The molecule has 2 aliphatic carbocycles. The smallest absolute Gasteiger partial charge is 0.122 e. The molecule has 0 amide bonds. The van der Waals surface area contributed by atoms with Crippen LogP contribution >= 0.6 is 0 Å². The Balaban J connectivity index is 0.687. The van der Waals surface area contributed by atoms with Crippen LogP contribution in [0.15, 0.2) is 255 Å². The zero-order valence-corrected chi connectivity index (χ0v) is 45.7. The molecule has 6 atom stereocenters. The first-order valence-electron chi connectivity index (χ1n) is 28.8. The summed E-state index contributed by atoms with van der Waals surface area (Å²) < 4.78 is 35.7. The van der Waals surface area contributed by atoms with Gasteiger partial charge in [0.25, 0.3) is 0 Å². The van der Waals surface area contributed by atoms with Crippen LogP contribution in [0.3, 0.4) is 0 Å². The Bertz CT molecular complexity index is 3520. The Morgan fingerprint density at radius 2 is 0.659 bits per heavy atom. The molecule has 82 heavy (non-hydrogen) atoms. The first kappa shape index (κ1) is 51.4. The predicted molar refractivity (Wildman–Crippen MR) is 323 cm³/mol. The minimum atomic E-state index is -0.872. The Hall–Kier alpha value is -8.72. The molecule has 0 aromatic heterocycles. The molecular weight excluding hydrogens is 1010 g/mol. The molecule has 2 saturated heterocycles. The maximum Gasteiger partial charge on any atom is 0.122 e. The Morgan fingerprint density at radius 1 is 0.354 bits per heavy atom. The van der Waals surface area contributed by atoms with Crippen LogP contribution in [0, 0.1) is 0 Å². The lowest BCUT2D eigenvalue weighted by Crippen LogP contribution is -2.27. The zero-order valence-electron chi connectivity index (χ0n) is 45.7. The van der Waals surface area contributed by atoms with Crippen molar-refractivity contribution in [3.8, 4) is 45.3 Å². The van der Waals surface area contributed by atoms with E-state index in [1.807, 2.05) is 24.3 Å². The van der Waals surface area contributed by atoms with Gasteiger partial charge in [-0.25, -0.2) is 0 Å². The van der Waals surface area contributed by atoms with Crippen LogP contribution in [0.5, 0.6) is 23.0 Å². The van der Waals surface area contributed by atoms with E-state index in [9.17, 15) is 5.11 Å². The molecule has 0 saturated carbocycles. The molecule has 1 N–H and O–H groups in total. The molecule has 7 heteroatoms. The monoisotopic (exact) mass is 1080 g/mol. The number of aliphatic hydroxyl groups is 1. The molecule has 6 unspecified atom stereocenters. The molecule has 2 heterocycles. The molecule has 2 aliphatic heterocycles. The van der Waals surface area contributed by atoms with E-state index in [1.165, 1.54) is 77.9 Å². The largest absolute Gasteiger partial charge is 0.491 e. The van der Waals surface area contributed by atoms with Gasteiger partial charge in [-0.2, -0.15) is 0 Å². The van der Waals surface area contributed by atoms with Gasteiger partial charge in [0.1, 0.15) is 67.7 Å². The fourth-order valence-corrected chi connectivity index (χ4v) is 13.0. The number of aliphatic hydroxyl groups excluding tert-OH is 1. The lowest BCUT2D eigenvalue weighted by atomic mass is 9.69. The van der Waals surface area contributed by atoms with Crippen molar-refractivity contribution in [3.05, 3.63) is 310 Å². The van der Waals surface area contributed by atoms with Crippen molar-refractivity contribution in [1.82, 2.24) is 0 Å². The van der Waals surface area contributed by atoms with Gasteiger partial charge >= 0.3 is 0 Å². The van der Waals surface area contributed by atoms with E-state index >= 15 is 0 Å². The molecule has 406 valence electrons. The van der Waals surface area contributed by atoms with Gasteiger partial charge in [-0.05, 0) is 139 Å². The third kappa shape index (κ3) is 10.3. The van der Waals surface area contributed by atoms with Crippen molar-refractivity contribution in [2.75, 3.05) is 39.6 Å². The van der Waals surface area contributed by atoms with Crippen LogP contribution in [-0.4, -0.2) is 63.1 Å². The topological polar surface area (TPSA) is 82.2 Å². The number of ether oxygens (including phenoxy) is 6. The highest BCUT2D eigenvalue weighted by Gasteiger charge is 2.48. The van der Waals surface area contributed by atoms with Crippen molar-refractivity contribution in [2.45, 2.75) is 53.8 Å². The number of benzene rings is 10. The third-order valence-electron chi connectivity index (χ3n) is 17.4. The Labute approximate surface area is 480 Å². The first-order chi connectivity index (χ1) is 40.5. The number of rotatable bonds is 20. The minimum Gasteiger partial charge on any atom is -0.491 e. The summed E-state index contributed by atoms with van der Waals surface area (Å²) in [6.07, 6.45) is 1.18. The molecule has 4 aliphatic rings. The highest BCUT2D eigenvalue weighted by Crippen LogP contribution is 2.58. The van der Waals surface area contributed by atoms with Gasteiger partial charge in [0.15, 0.2) is 0 Å². The molecule has 10 aromatic carbocycles. The summed E-state index contributed by atoms with van der Waals surface area (Å²) in [6, 6.07) is 91.3. The van der Waals surface area contributed by atoms with E-state index < -0.39 is 16.9 Å². The van der Waals surface area contributed by atoms with Gasteiger partial charge in [-0.3, -0.25) is 0 Å². The SMILES string of the molecule is OC(COc1ccc(C2(c3ccc(OCC4CO4)cc3)CC(c3ccc(-c4ccccc4)cc3)c3ccccc32)cc1)COc1ccc(C2(c3ccc(OCC4CO4)cc3)CC(c3ccc(-c4ccccc4)cc3)c3ccccc32)cc1. The van der Waals surface area contributed by atoms with Crippen molar-refractivity contribution in [3.63, 3.8) is 0 Å². The van der Waals surface area contributed by atoms with Gasteiger partial charge in [-0.1, -0.05) is 206 Å². The van der Waals surface area contributed by atoms with E-state index in [4.69, 9.17) is 28.4 Å². The van der Waals surface area contributed by atoms with Gasteiger partial charge in [-0.15, -0.1) is 0 Å². The van der Waals surface area contributed by atoms with Crippen molar-refractivity contribution in [2.24, 2.45) is 0 Å². The molecule has 14 rings (SSSR count). The normalized spacial score (nSPS) is 21.4. The van der Waals surface area contributed by atoms with Gasteiger partial charge in [0, 0.05) is 22.7 Å². The summed E-state index contributed by atoms with van der Waals surface area (Å²) in [4.78, 5) is 0. The highest BCUT2D eigenvalue weighted by atomic mass is 16.6. The summed E-state index contributed by atoms with van der Waals surface area (Å²) in [5, 5.41) is 11.4. The minimum absolute atomic E-state index is 0.0703. The van der Waals surface area contributed by atoms with Gasteiger partial charge < -0.3 is 33.5 Å². The second-order valence-electron chi connectivity index (χ2n) is 22.4. The maximum absolute atomic E-state index is 11.4. The average molecular weight is 1080 g/mol. The average Bonchev–Trinajstić information content (AvgIpc) is 3.13. The van der Waals surface area contributed by atoms with Crippen LogP contribution in [0.2, 0.25) is 0 Å². The van der Waals surface area contributed by atoms with Crippen LogP contribution in [0.25, 0.3) is 22.3 Å². The number of epoxide rings is 2. The molecule has 0 bridgehead atoms. The summed E-state index contributed by atoms with van der Waals surface area (Å²) in [7, 11) is 0. The van der Waals surface area contributed by atoms with Gasteiger partial charge in [0.2, 0.25) is 0 Å². The van der Waals surface area contributed by atoms with E-state index in [0.717, 1.165) is 37.6 Å². The summed E-state index contributed by atoms with van der Waals surface area (Å²) in [5.41, 5.74) is 16.5. The zero-order chi connectivity index (χ0) is 54.9. The van der Waals surface area contributed by atoms with E-state index in [2.05, 4.69) is 231 Å².